The van der Waals surface area contributed by atoms with Gasteiger partial charge in [-0.3, -0.25) is 24.6 Å². The van der Waals surface area contributed by atoms with E-state index in [1.54, 1.807) is 27.7 Å². The molecule has 0 spiro atoms. The van der Waals surface area contributed by atoms with E-state index in [1.165, 1.54) is 11.9 Å². The highest BCUT2D eigenvalue weighted by atomic mass is 16.2. The zero-order valence-electron chi connectivity index (χ0n) is 25.0. The van der Waals surface area contributed by atoms with Crippen molar-refractivity contribution in [1.82, 2.24) is 35.1 Å². The highest BCUT2D eigenvalue weighted by molar-refractivity contribution is 6.06. The topological polar surface area (TPSA) is 143 Å². The van der Waals surface area contributed by atoms with Crippen LogP contribution in [0.25, 0.3) is 0 Å². The van der Waals surface area contributed by atoms with Crippen LogP contribution in [0.5, 0.6) is 0 Å². The Balaban J connectivity index is 6.18. The van der Waals surface area contributed by atoms with Crippen LogP contribution in [0.1, 0.15) is 53.4 Å². The number of urea groups is 3. The van der Waals surface area contributed by atoms with E-state index in [0.717, 1.165) is 19.6 Å². The van der Waals surface area contributed by atoms with Crippen molar-refractivity contribution in [2.75, 3.05) is 66.0 Å². The third-order valence-electron chi connectivity index (χ3n) is 5.64. The van der Waals surface area contributed by atoms with Gasteiger partial charge in [0.1, 0.15) is 13.1 Å². The predicted octanol–water partition coefficient (Wildman–Crippen LogP) is 1.15. The van der Waals surface area contributed by atoms with Crippen molar-refractivity contribution in [3.63, 3.8) is 0 Å². The van der Waals surface area contributed by atoms with Gasteiger partial charge in [0.25, 0.3) is 0 Å². The Morgan fingerprint density at radius 3 is 1.63 bits per heavy atom. The third kappa shape index (κ3) is 12.3. The molecule has 0 rings (SSSR count). The van der Waals surface area contributed by atoms with Crippen LogP contribution in [-0.2, 0) is 14.4 Å². The zero-order valence-corrected chi connectivity index (χ0v) is 25.0. The molecule has 0 aliphatic heterocycles. The molecule has 0 saturated heterocycles. The maximum Gasteiger partial charge on any atom is 0.336 e. The lowest BCUT2D eigenvalue weighted by molar-refractivity contribution is -0.135. The van der Waals surface area contributed by atoms with Crippen LogP contribution in [0.4, 0.5) is 14.4 Å². The van der Waals surface area contributed by atoms with Gasteiger partial charge in [-0.1, -0.05) is 39.5 Å². The minimum Gasteiger partial charge on any atom is -0.358 e. The quantitative estimate of drug-likeness (QED) is 0.208. The molecule has 2 N–H and O–H groups in total. The van der Waals surface area contributed by atoms with Crippen LogP contribution < -0.4 is 10.6 Å². The molecule has 0 bridgehead atoms. The van der Waals surface area contributed by atoms with E-state index < -0.39 is 42.4 Å². The van der Waals surface area contributed by atoms with Gasteiger partial charge in [-0.05, 0) is 25.7 Å². The van der Waals surface area contributed by atoms with Crippen LogP contribution in [0.15, 0.2) is 0 Å². The summed E-state index contributed by atoms with van der Waals surface area (Å²) in [5.41, 5.74) is 0. The molecule has 0 heterocycles. The van der Waals surface area contributed by atoms with E-state index in [1.807, 2.05) is 0 Å². The summed E-state index contributed by atoms with van der Waals surface area (Å²) < 4.78 is 0. The fourth-order valence-electron chi connectivity index (χ4n) is 3.71. The van der Waals surface area contributed by atoms with Gasteiger partial charge in [0.05, 0.1) is 19.6 Å². The number of imide groups is 3. The maximum atomic E-state index is 13.7. The number of rotatable bonds is 16. The van der Waals surface area contributed by atoms with Gasteiger partial charge in [0.2, 0.25) is 17.7 Å². The first-order valence-electron chi connectivity index (χ1n) is 13.9. The van der Waals surface area contributed by atoms with Crippen LogP contribution in [0.3, 0.4) is 0 Å². The van der Waals surface area contributed by atoms with Gasteiger partial charge in [-0.2, -0.15) is 0 Å². The van der Waals surface area contributed by atoms with Crippen molar-refractivity contribution >= 4 is 35.8 Å². The van der Waals surface area contributed by atoms with E-state index >= 15 is 0 Å². The summed E-state index contributed by atoms with van der Waals surface area (Å²) in [6, 6.07) is -2.51. The molecule has 0 unspecified atom stereocenters. The number of hydrogen-bond donors (Lipinski definition) is 2. The first-order chi connectivity index (χ1) is 19.6. The molecular weight excluding hydrogens is 530 g/mol. The fourth-order valence-corrected chi connectivity index (χ4v) is 3.71. The van der Waals surface area contributed by atoms with Gasteiger partial charge in [-0.15, -0.1) is 12.8 Å². The highest BCUT2D eigenvalue weighted by Gasteiger charge is 2.36. The van der Waals surface area contributed by atoms with Gasteiger partial charge in [0.15, 0.2) is 0 Å². The highest BCUT2D eigenvalue weighted by Crippen LogP contribution is 2.12. The second-order valence-corrected chi connectivity index (χ2v) is 9.05. The molecule has 13 nitrogen and oxygen atoms in total. The number of likely N-dealkylation sites (N-methyl/N-ethyl adjacent to an activating group) is 1. The van der Waals surface area contributed by atoms with Crippen molar-refractivity contribution in [2.45, 2.75) is 53.4 Å². The van der Waals surface area contributed by atoms with Gasteiger partial charge < -0.3 is 15.1 Å². The molecule has 0 aromatic rings. The van der Waals surface area contributed by atoms with Crippen molar-refractivity contribution < 1.29 is 28.8 Å². The summed E-state index contributed by atoms with van der Waals surface area (Å²) in [5.74, 6) is 3.12. The van der Waals surface area contributed by atoms with E-state index in [4.69, 9.17) is 12.8 Å². The number of carbonyl (C=O) groups excluding carboxylic acids is 6. The second kappa shape index (κ2) is 20.8. The van der Waals surface area contributed by atoms with Gasteiger partial charge >= 0.3 is 18.1 Å². The molecule has 13 heteroatoms. The Kier molecular flexibility index (Phi) is 18.7. The molecule has 0 atom stereocenters. The Labute approximate surface area is 243 Å². The van der Waals surface area contributed by atoms with Crippen molar-refractivity contribution in [1.29, 1.82) is 0 Å². The predicted molar refractivity (Wildman–Crippen MR) is 155 cm³/mol. The van der Waals surface area contributed by atoms with Crippen LogP contribution in [-0.4, -0.2) is 126 Å². The Bertz CT molecular complexity index is 987. The molecule has 41 heavy (non-hydrogen) atoms. The van der Waals surface area contributed by atoms with E-state index in [-0.39, 0.29) is 52.4 Å². The minimum atomic E-state index is -0.895. The molecule has 0 aliphatic carbocycles. The number of carbonyl (C=O) groups is 6. The summed E-state index contributed by atoms with van der Waals surface area (Å²) in [6.45, 7) is 6.31. The summed E-state index contributed by atoms with van der Waals surface area (Å²) in [6.07, 6.45) is 12.3. The summed E-state index contributed by atoms with van der Waals surface area (Å²) >= 11 is 0. The summed E-state index contributed by atoms with van der Waals surface area (Å²) in [5, 5.41) is 5.17. The molecule has 0 radical (unpaired) electrons. The zero-order chi connectivity index (χ0) is 31.4. The standard InChI is InChI=1S/C28H45N7O6/c1-8-14-30-20-24(37)33(17-11-4)27(40)35(19-13-6)28(41)34(18-12-5)26(39)32(16-10-3)22-25(38)31(15-9-2)21-23(36)29-7/h1-2,30H,10-22H2,3-7H3,(H,29,36). The lowest BCUT2D eigenvalue weighted by Crippen LogP contribution is -2.58. The van der Waals surface area contributed by atoms with Crippen molar-refractivity contribution in [3.05, 3.63) is 0 Å². The minimum absolute atomic E-state index is 0.0304. The normalized spacial score (nSPS) is 10.0. The Morgan fingerprint density at radius 2 is 1.15 bits per heavy atom. The number of nitrogens with zero attached hydrogens (tertiary/aromatic N) is 5. The van der Waals surface area contributed by atoms with Crippen LogP contribution >= 0.6 is 0 Å². The maximum absolute atomic E-state index is 13.7. The van der Waals surface area contributed by atoms with E-state index in [0.29, 0.717) is 25.7 Å². The van der Waals surface area contributed by atoms with Gasteiger partial charge in [-0.25, -0.2) is 24.2 Å². The SMILES string of the molecule is C#CCNCC(=O)N(CCC)C(=O)N(CCC)C(=O)N(CCC)C(=O)N(CCC)CC(=O)N(CC#C)CC(=O)NC. The van der Waals surface area contributed by atoms with Crippen molar-refractivity contribution in [3.8, 4) is 24.7 Å². The number of terminal acetylenes is 2. The molecular formula is C28H45N7O6. The average molecular weight is 576 g/mol. The molecule has 228 valence electrons. The number of amides is 9. The van der Waals surface area contributed by atoms with Gasteiger partial charge in [0, 0.05) is 33.2 Å². The third-order valence-corrected chi connectivity index (χ3v) is 5.64. The largest absolute Gasteiger partial charge is 0.358 e. The monoisotopic (exact) mass is 575 g/mol. The molecule has 0 aromatic carbocycles. The Hall–Kier alpha value is -4.10. The summed E-state index contributed by atoms with van der Waals surface area (Å²) in [7, 11) is 1.43. The number of hydrogen-bond acceptors (Lipinski definition) is 7. The van der Waals surface area contributed by atoms with Crippen LogP contribution in [0, 0.1) is 24.7 Å². The van der Waals surface area contributed by atoms with Crippen LogP contribution in [0.2, 0.25) is 0 Å². The van der Waals surface area contributed by atoms with E-state index in [2.05, 4.69) is 22.5 Å². The first-order valence-corrected chi connectivity index (χ1v) is 13.9. The van der Waals surface area contributed by atoms with E-state index in [9.17, 15) is 28.8 Å². The lowest BCUT2D eigenvalue weighted by Gasteiger charge is -2.34. The number of nitrogens with one attached hydrogen (secondary N) is 2. The molecule has 0 aliphatic rings. The molecule has 0 fully saturated rings. The Morgan fingerprint density at radius 1 is 0.634 bits per heavy atom. The fraction of sp³-hybridized carbons (Fsp3) is 0.643. The lowest BCUT2D eigenvalue weighted by atomic mass is 10.3. The summed E-state index contributed by atoms with van der Waals surface area (Å²) in [4.78, 5) is 83.7. The average Bonchev–Trinajstić information content (AvgIpc) is 2.95. The molecule has 9 amide bonds. The smallest absolute Gasteiger partial charge is 0.336 e. The first kappa shape index (κ1) is 36.9. The molecule has 0 saturated carbocycles. The van der Waals surface area contributed by atoms with Crippen molar-refractivity contribution in [2.24, 2.45) is 0 Å². The molecule has 0 aromatic heterocycles. The second-order valence-electron chi connectivity index (χ2n) is 9.05.